The van der Waals surface area contributed by atoms with Crippen LogP contribution in [0.25, 0.3) is 0 Å². The molecular weight excluding hydrogens is 224 g/mol. The van der Waals surface area contributed by atoms with E-state index in [4.69, 9.17) is 21.7 Å². The zero-order chi connectivity index (χ0) is 11.4. The quantitative estimate of drug-likeness (QED) is 0.484. The first kappa shape index (κ1) is 16.6. The fraction of sp³-hybridized carbons (Fsp3) is 0.750. The normalized spacial score (nSPS) is 12.7. The summed E-state index contributed by atoms with van der Waals surface area (Å²) in [5, 5.41) is 17.1. The van der Waals surface area contributed by atoms with Gasteiger partial charge in [0.25, 0.3) is 0 Å². The van der Waals surface area contributed by atoms with Gasteiger partial charge in [0.1, 0.15) is 0 Å². The Morgan fingerprint density at radius 1 is 1.33 bits per heavy atom. The van der Waals surface area contributed by atoms with Crippen LogP contribution in [0, 0.1) is 5.92 Å². The molecule has 0 aliphatic rings. The monoisotopic (exact) mass is 240 g/mol. The number of halogens is 1. The zero-order valence-corrected chi connectivity index (χ0v) is 9.29. The van der Waals surface area contributed by atoms with Crippen LogP contribution < -0.4 is 11.5 Å². The molecule has 0 aromatic heterocycles. The second kappa shape index (κ2) is 6.60. The number of carbonyl (C=O) groups is 2. The van der Waals surface area contributed by atoms with Crippen molar-refractivity contribution in [1.82, 2.24) is 0 Å². The van der Waals surface area contributed by atoms with E-state index in [1.54, 1.807) is 0 Å². The van der Waals surface area contributed by atoms with Crippen LogP contribution in [0.1, 0.15) is 26.2 Å². The van der Waals surface area contributed by atoms with Crippen LogP contribution >= 0.6 is 12.4 Å². The molecule has 0 fully saturated rings. The topological polar surface area (TPSA) is 127 Å². The minimum Gasteiger partial charge on any atom is -0.481 e. The molecule has 0 aromatic carbocycles. The molecular formula is C8H17ClN2O4. The molecule has 15 heavy (non-hydrogen) atoms. The maximum atomic E-state index is 10.7. The molecule has 0 aromatic rings. The third kappa shape index (κ3) is 7.12. The molecule has 0 rings (SSSR count). The fourth-order valence-corrected chi connectivity index (χ4v) is 1.16. The summed E-state index contributed by atoms with van der Waals surface area (Å²) >= 11 is 0. The molecule has 0 radical (unpaired) electrons. The van der Waals surface area contributed by atoms with Crippen molar-refractivity contribution in [2.75, 3.05) is 0 Å². The molecule has 1 unspecified atom stereocenters. The van der Waals surface area contributed by atoms with Crippen molar-refractivity contribution in [3.8, 4) is 0 Å². The molecule has 0 saturated carbocycles. The first-order valence-corrected chi connectivity index (χ1v) is 4.27. The standard InChI is InChI=1S/C8H16N2O4.ClH/c1-8(9,10)5(7(13)14)3-2-4-6(11)12;/h5H,2-4,9-10H2,1H3,(H,11,12)(H,13,14);1H. The van der Waals surface area contributed by atoms with E-state index >= 15 is 0 Å². The number of aliphatic carboxylic acids is 2. The molecule has 7 heteroatoms. The molecule has 0 aliphatic carbocycles. The van der Waals surface area contributed by atoms with Crippen LogP contribution in [0.4, 0.5) is 0 Å². The van der Waals surface area contributed by atoms with Gasteiger partial charge in [-0.3, -0.25) is 9.59 Å². The van der Waals surface area contributed by atoms with Gasteiger partial charge in [-0.05, 0) is 19.8 Å². The molecule has 6 nitrogen and oxygen atoms in total. The molecule has 1 atom stereocenters. The van der Waals surface area contributed by atoms with Gasteiger partial charge in [-0.25, -0.2) is 0 Å². The van der Waals surface area contributed by atoms with Crippen LogP contribution in [0.3, 0.4) is 0 Å². The van der Waals surface area contributed by atoms with E-state index in [1.165, 1.54) is 6.92 Å². The molecule has 0 saturated heterocycles. The third-order valence-electron chi connectivity index (χ3n) is 1.93. The van der Waals surface area contributed by atoms with Crippen molar-refractivity contribution in [3.63, 3.8) is 0 Å². The molecule has 90 valence electrons. The zero-order valence-electron chi connectivity index (χ0n) is 8.47. The number of carboxylic acid groups (broad SMARTS) is 2. The Labute approximate surface area is 94.0 Å². The van der Waals surface area contributed by atoms with Gasteiger partial charge in [-0.2, -0.15) is 0 Å². The molecule has 0 aliphatic heterocycles. The highest BCUT2D eigenvalue weighted by atomic mass is 35.5. The van der Waals surface area contributed by atoms with Gasteiger partial charge < -0.3 is 21.7 Å². The summed E-state index contributed by atoms with van der Waals surface area (Å²) in [6.07, 6.45) is 0.362. The van der Waals surface area contributed by atoms with Gasteiger partial charge in [0.2, 0.25) is 0 Å². The van der Waals surface area contributed by atoms with E-state index in [-0.39, 0.29) is 31.7 Å². The Kier molecular flexibility index (Phi) is 7.29. The summed E-state index contributed by atoms with van der Waals surface area (Å²) in [4.78, 5) is 20.9. The maximum Gasteiger partial charge on any atom is 0.309 e. The van der Waals surface area contributed by atoms with Gasteiger partial charge in [0.05, 0.1) is 11.6 Å². The van der Waals surface area contributed by atoms with Crippen LogP contribution in [0.2, 0.25) is 0 Å². The number of nitrogens with two attached hydrogens (primary N) is 2. The Bertz CT molecular complexity index is 227. The highest BCUT2D eigenvalue weighted by Crippen LogP contribution is 2.16. The van der Waals surface area contributed by atoms with Gasteiger partial charge in [-0.1, -0.05) is 0 Å². The summed E-state index contributed by atoms with van der Waals surface area (Å²) in [5.41, 5.74) is 9.58. The lowest BCUT2D eigenvalue weighted by molar-refractivity contribution is -0.145. The van der Waals surface area contributed by atoms with E-state index in [1.807, 2.05) is 0 Å². The number of hydrogen-bond acceptors (Lipinski definition) is 4. The Morgan fingerprint density at radius 3 is 2.07 bits per heavy atom. The number of carboxylic acids is 2. The Balaban J connectivity index is 0. The van der Waals surface area contributed by atoms with Crippen molar-refractivity contribution in [1.29, 1.82) is 0 Å². The molecule has 0 amide bonds. The van der Waals surface area contributed by atoms with Crippen LogP contribution in [0.5, 0.6) is 0 Å². The molecule has 6 N–H and O–H groups in total. The molecule has 0 spiro atoms. The minimum atomic E-state index is -1.32. The molecule has 0 heterocycles. The highest BCUT2D eigenvalue weighted by molar-refractivity contribution is 5.85. The predicted octanol–water partition coefficient (Wildman–Crippen LogP) is -0.00250. The highest BCUT2D eigenvalue weighted by Gasteiger charge is 2.31. The first-order chi connectivity index (χ1) is 6.25. The second-order valence-electron chi connectivity index (χ2n) is 3.54. The van der Waals surface area contributed by atoms with Crippen molar-refractivity contribution in [2.24, 2.45) is 17.4 Å². The smallest absolute Gasteiger partial charge is 0.309 e. The maximum absolute atomic E-state index is 10.7. The van der Waals surface area contributed by atoms with Gasteiger partial charge >= 0.3 is 11.9 Å². The average Bonchev–Trinajstić information content (AvgIpc) is 1.94. The SMILES string of the molecule is CC(N)(N)C(CCCC(=O)O)C(=O)O.Cl. The van der Waals surface area contributed by atoms with E-state index in [0.29, 0.717) is 0 Å². The lowest BCUT2D eigenvalue weighted by atomic mass is 9.90. The van der Waals surface area contributed by atoms with Gasteiger partial charge in [-0.15, -0.1) is 12.4 Å². The summed E-state index contributed by atoms with van der Waals surface area (Å²) < 4.78 is 0. The van der Waals surface area contributed by atoms with Crippen molar-refractivity contribution in [3.05, 3.63) is 0 Å². The van der Waals surface area contributed by atoms with Crippen LogP contribution in [-0.4, -0.2) is 27.8 Å². The summed E-state index contributed by atoms with van der Waals surface area (Å²) in [5.74, 6) is -2.96. The summed E-state index contributed by atoms with van der Waals surface area (Å²) in [7, 11) is 0. The largest absolute Gasteiger partial charge is 0.481 e. The van der Waals surface area contributed by atoms with E-state index in [0.717, 1.165) is 0 Å². The van der Waals surface area contributed by atoms with Crippen LogP contribution in [0.15, 0.2) is 0 Å². The summed E-state index contributed by atoms with van der Waals surface area (Å²) in [6, 6.07) is 0. The molecule has 0 bridgehead atoms. The van der Waals surface area contributed by atoms with E-state index in [9.17, 15) is 9.59 Å². The second-order valence-corrected chi connectivity index (χ2v) is 3.54. The Morgan fingerprint density at radius 2 is 1.80 bits per heavy atom. The minimum absolute atomic E-state index is 0. The number of hydrogen-bond donors (Lipinski definition) is 4. The lowest BCUT2D eigenvalue weighted by Gasteiger charge is -2.26. The first-order valence-electron chi connectivity index (χ1n) is 4.27. The van der Waals surface area contributed by atoms with Crippen molar-refractivity contribution >= 4 is 24.3 Å². The predicted molar refractivity (Wildman–Crippen MR) is 56.6 cm³/mol. The fourth-order valence-electron chi connectivity index (χ4n) is 1.16. The van der Waals surface area contributed by atoms with Crippen molar-refractivity contribution < 1.29 is 19.8 Å². The third-order valence-corrected chi connectivity index (χ3v) is 1.93. The van der Waals surface area contributed by atoms with Crippen LogP contribution in [-0.2, 0) is 9.59 Å². The van der Waals surface area contributed by atoms with Gasteiger partial charge in [0, 0.05) is 6.42 Å². The Hall–Kier alpha value is -0.850. The van der Waals surface area contributed by atoms with Gasteiger partial charge in [0.15, 0.2) is 0 Å². The average molecular weight is 241 g/mol. The lowest BCUT2D eigenvalue weighted by Crippen LogP contribution is -2.55. The van der Waals surface area contributed by atoms with E-state index in [2.05, 4.69) is 0 Å². The summed E-state index contributed by atoms with van der Waals surface area (Å²) in [6.45, 7) is 1.41. The number of rotatable bonds is 6. The van der Waals surface area contributed by atoms with Crippen molar-refractivity contribution in [2.45, 2.75) is 31.8 Å². The van der Waals surface area contributed by atoms with E-state index < -0.39 is 23.5 Å².